The molecule has 0 aliphatic heterocycles. The molecule has 0 amide bonds. The van der Waals surface area contributed by atoms with Crippen LogP contribution in [0.4, 0.5) is 4.39 Å². The summed E-state index contributed by atoms with van der Waals surface area (Å²) in [6, 6.07) is 14.7. The van der Waals surface area contributed by atoms with Gasteiger partial charge in [-0.15, -0.1) is 0 Å². The first-order chi connectivity index (χ1) is 10.6. The molecule has 1 atom stereocenters. The highest BCUT2D eigenvalue weighted by Crippen LogP contribution is 2.11. The van der Waals surface area contributed by atoms with Crippen LogP contribution in [0.5, 0.6) is 0 Å². The number of allylic oxidation sites excluding steroid dienone is 1. The van der Waals surface area contributed by atoms with Crippen molar-refractivity contribution in [1.29, 1.82) is 0 Å². The molecule has 0 saturated carbocycles. The average Bonchev–Trinajstić information content (AvgIpc) is 2.55. The van der Waals surface area contributed by atoms with E-state index < -0.39 is 6.10 Å². The van der Waals surface area contributed by atoms with E-state index in [1.807, 2.05) is 30.3 Å². The molecule has 2 aromatic carbocycles. The van der Waals surface area contributed by atoms with Crippen molar-refractivity contribution in [3.8, 4) is 0 Å². The van der Waals surface area contributed by atoms with Crippen molar-refractivity contribution in [2.75, 3.05) is 6.54 Å². The molecule has 2 rings (SSSR count). The number of carbonyl (C=O) groups is 1. The number of rotatable bonds is 6. The van der Waals surface area contributed by atoms with Crippen molar-refractivity contribution in [2.45, 2.75) is 13.0 Å². The molecule has 1 unspecified atom stereocenters. The summed E-state index contributed by atoms with van der Waals surface area (Å²) in [5.41, 5.74) is 1.73. The Bertz CT molecular complexity index is 651. The minimum Gasteiger partial charge on any atom is -0.388 e. The van der Waals surface area contributed by atoms with Crippen LogP contribution >= 0.6 is 0 Å². The highest BCUT2D eigenvalue weighted by molar-refractivity contribution is 6.08. The van der Waals surface area contributed by atoms with E-state index >= 15 is 0 Å². The number of nitrogens with one attached hydrogen (secondary N) is 1. The molecule has 0 fully saturated rings. The van der Waals surface area contributed by atoms with Crippen LogP contribution in [0.15, 0.2) is 66.4 Å². The third kappa shape index (κ3) is 4.27. The first-order valence-corrected chi connectivity index (χ1v) is 7.01. The van der Waals surface area contributed by atoms with Crippen LogP contribution in [0.2, 0.25) is 0 Å². The maximum Gasteiger partial charge on any atom is 0.190 e. The Morgan fingerprint density at radius 3 is 2.45 bits per heavy atom. The average molecular weight is 299 g/mol. The minimum absolute atomic E-state index is 0.179. The minimum atomic E-state index is -0.647. The van der Waals surface area contributed by atoms with Crippen LogP contribution in [0.3, 0.4) is 0 Å². The second kappa shape index (κ2) is 7.52. The molecule has 114 valence electrons. The molecule has 3 nitrogen and oxygen atoms in total. The van der Waals surface area contributed by atoms with Gasteiger partial charge in [-0.1, -0.05) is 30.3 Å². The highest BCUT2D eigenvalue weighted by Gasteiger charge is 2.09. The molecular formula is C18H18FNO2. The summed E-state index contributed by atoms with van der Waals surface area (Å²) in [6.45, 7) is 1.98. The van der Waals surface area contributed by atoms with Gasteiger partial charge in [-0.3, -0.25) is 4.79 Å². The number of hydrogen-bond donors (Lipinski definition) is 2. The quantitative estimate of drug-likeness (QED) is 0.636. The number of halogens is 1. The number of ketones is 1. The Morgan fingerprint density at radius 2 is 1.82 bits per heavy atom. The van der Waals surface area contributed by atoms with Crippen LogP contribution in [0, 0.1) is 5.82 Å². The maximum absolute atomic E-state index is 12.8. The molecule has 0 radical (unpaired) electrons. The van der Waals surface area contributed by atoms with Gasteiger partial charge >= 0.3 is 0 Å². The third-order valence-corrected chi connectivity index (χ3v) is 3.28. The normalized spacial score (nSPS) is 12.8. The molecule has 0 bridgehead atoms. The zero-order valence-electron chi connectivity index (χ0n) is 12.3. The Hall–Kier alpha value is -2.46. The lowest BCUT2D eigenvalue weighted by Crippen LogP contribution is -2.17. The smallest absolute Gasteiger partial charge is 0.190 e. The fourth-order valence-corrected chi connectivity index (χ4v) is 2.01. The Labute approximate surface area is 129 Å². The molecule has 0 heterocycles. The topological polar surface area (TPSA) is 49.3 Å². The van der Waals surface area contributed by atoms with Gasteiger partial charge in [0, 0.05) is 23.9 Å². The second-order valence-electron chi connectivity index (χ2n) is 5.00. The lowest BCUT2D eigenvalue weighted by Gasteiger charge is -2.11. The second-order valence-corrected chi connectivity index (χ2v) is 5.00. The van der Waals surface area contributed by atoms with Gasteiger partial charge in [-0.2, -0.15) is 0 Å². The highest BCUT2D eigenvalue weighted by atomic mass is 19.1. The van der Waals surface area contributed by atoms with E-state index in [1.54, 1.807) is 13.1 Å². The van der Waals surface area contributed by atoms with E-state index in [0.29, 0.717) is 17.7 Å². The van der Waals surface area contributed by atoms with E-state index in [0.717, 1.165) is 5.56 Å². The van der Waals surface area contributed by atoms with Gasteiger partial charge in [0.25, 0.3) is 0 Å². The lowest BCUT2D eigenvalue weighted by atomic mass is 10.1. The fourth-order valence-electron chi connectivity index (χ4n) is 2.01. The molecule has 4 heteroatoms. The predicted molar refractivity (Wildman–Crippen MR) is 83.9 cm³/mol. The number of aliphatic hydroxyl groups is 1. The van der Waals surface area contributed by atoms with Crippen molar-refractivity contribution in [1.82, 2.24) is 5.32 Å². The Morgan fingerprint density at radius 1 is 1.18 bits per heavy atom. The number of aliphatic hydroxyl groups excluding tert-OH is 1. The zero-order valence-corrected chi connectivity index (χ0v) is 12.3. The maximum atomic E-state index is 12.8. The standard InChI is InChI=1S/C18H18FNO2/c1-13(18(22)15-7-9-16(19)10-8-15)11-20-12-17(21)14-5-3-2-4-6-14/h2-11,17,20-21H,12H2,1H3/b13-11+. The van der Waals surface area contributed by atoms with Gasteiger partial charge in [0.2, 0.25) is 0 Å². The number of hydrogen-bond acceptors (Lipinski definition) is 3. The monoisotopic (exact) mass is 299 g/mol. The molecule has 0 aromatic heterocycles. The predicted octanol–water partition coefficient (Wildman–Crippen LogP) is 3.24. The van der Waals surface area contributed by atoms with E-state index in [-0.39, 0.29) is 11.6 Å². The third-order valence-electron chi connectivity index (χ3n) is 3.28. The van der Waals surface area contributed by atoms with E-state index in [4.69, 9.17) is 0 Å². The van der Waals surface area contributed by atoms with E-state index in [9.17, 15) is 14.3 Å². The summed E-state index contributed by atoms with van der Waals surface area (Å²) in [6.07, 6.45) is 0.920. The van der Waals surface area contributed by atoms with Crippen molar-refractivity contribution in [3.63, 3.8) is 0 Å². The van der Waals surface area contributed by atoms with Crippen LogP contribution < -0.4 is 5.32 Å². The first-order valence-electron chi connectivity index (χ1n) is 7.01. The van der Waals surface area contributed by atoms with Crippen LogP contribution in [-0.2, 0) is 0 Å². The van der Waals surface area contributed by atoms with Gasteiger partial charge in [-0.05, 0) is 36.8 Å². The first kappa shape index (κ1) is 15.9. The number of benzene rings is 2. The van der Waals surface area contributed by atoms with Gasteiger partial charge in [0.15, 0.2) is 5.78 Å². The summed E-state index contributed by atoms with van der Waals surface area (Å²) in [5, 5.41) is 12.9. The molecule has 2 N–H and O–H groups in total. The molecule has 0 aliphatic rings. The largest absolute Gasteiger partial charge is 0.388 e. The van der Waals surface area contributed by atoms with Crippen molar-refractivity contribution in [2.24, 2.45) is 0 Å². The Kier molecular flexibility index (Phi) is 5.44. The molecule has 2 aromatic rings. The van der Waals surface area contributed by atoms with Crippen molar-refractivity contribution >= 4 is 5.78 Å². The van der Waals surface area contributed by atoms with Gasteiger partial charge in [0.05, 0.1) is 6.10 Å². The summed E-state index contributed by atoms with van der Waals surface area (Å²) in [5.74, 6) is -0.552. The number of Topliss-reactive ketones (excluding diaryl/α,β-unsaturated/α-hetero) is 1. The molecule has 22 heavy (non-hydrogen) atoms. The van der Waals surface area contributed by atoms with E-state index in [2.05, 4.69) is 5.32 Å². The van der Waals surface area contributed by atoms with Crippen LogP contribution in [0.25, 0.3) is 0 Å². The Balaban J connectivity index is 1.92. The molecule has 0 saturated heterocycles. The van der Waals surface area contributed by atoms with Gasteiger partial charge < -0.3 is 10.4 Å². The van der Waals surface area contributed by atoms with Crippen molar-refractivity contribution in [3.05, 3.63) is 83.3 Å². The summed E-state index contributed by atoms with van der Waals surface area (Å²) in [4.78, 5) is 12.1. The zero-order chi connectivity index (χ0) is 15.9. The van der Waals surface area contributed by atoms with Crippen LogP contribution in [0.1, 0.15) is 28.9 Å². The molecular weight excluding hydrogens is 281 g/mol. The van der Waals surface area contributed by atoms with Crippen molar-refractivity contribution < 1.29 is 14.3 Å². The SMILES string of the molecule is C/C(=C\NCC(O)c1ccccc1)C(=O)c1ccc(F)cc1. The fraction of sp³-hybridized carbons (Fsp3) is 0.167. The summed E-state index contributed by atoms with van der Waals surface area (Å²) in [7, 11) is 0. The van der Waals surface area contributed by atoms with E-state index in [1.165, 1.54) is 24.3 Å². The van der Waals surface area contributed by atoms with Gasteiger partial charge in [-0.25, -0.2) is 4.39 Å². The lowest BCUT2D eigenvalue weighted by molar-refractivity contribution is 0.103. The number of carbonyl (C=O) groups excluding carboxylic acids is 1. The molecule has 0 spiro atoms. The van der Waals surface area contributed by atoms with Gasteiger partial charge in [0.1, 0.15) is 5.82 Å². The summed E-state index contributed by atoms with van der Waals surface area (Å²) < 4.78 is 12.8. The summed E-state index contributed by atoms with van der Waals surface area (Å²) >= 11 is 0. The van der Waals surface area contributed by atoms with Crippen LogP contribution in [-0.4, -0.2) is 17.4 Å². The molecule has 0 aliphatic carbocycles.